The van der Waals surface area contributed by atoms with E-state index in [2.05, 4.69) is 72.3 Å². The van der Waals surface area contributed by atoms with E-state index in [9.17, 15) is 28.8 Å². The largest absolute Gasteiger partial charge is 0.465 e. The standard InChI is InChI=1S/C26H27N2O3P.C24H30N2O2.C20H19NO2.C16H21NO3/c1-3-31-26(29)25(22-13-7-4-8-14-22)21(2)32(30)27(23-15-9-5-10-16-23)19-20-28(32)24-17-11-6-12-18-24;1-2-26-19-22(13-14-25-15-17-28-18-16-25)24(23(26)27,20-9-5-3-6-10-20)21-11-7-4-8-12-21;1-2-21-15-18(13-14-22)20(19(21)23,16-9-5-3-6-10-16)17-11-7-4-8-12-17;1-3-17-12-14(10-11-18)15(16(19)20-4-2)13-8-6-5-7-9-13/h4-18,25H,2-3,19-20H2,1H3;3-12,22H,2,13-19H2,1H3;3-14H,2,15H2,1H3;5-11,15,17H,3-4,12H2,1-2H3/b;;18-13+;14-10+/t;22-;;/m.0../s1. The number of ether oxygens (including phenoxy) is 3. The van der Waals surface area contributed by atoms with Gasteiger partial charge in [0.25, 0.3) is 7.44 Å². The van der Waals surface area contributed by atoms with Gasteiger partial charge in [0.05, 0.1) is 26.4 Å². The monoisotopic (exact) mass is 1400 g/mol. The van der Waals surface area contributed by atoms with Gasteiger partial charge in [0.2, 0.25) is 11.8 Å². The smallest absolute Gasteiger partial charge is 0.318 e. The molecular weight excluding hydrogens is 1310 g/mol. The molecule has 12 rings (SSSR count). The summed E-state index contributed by atoms with van der Waals surface area (Å²) in [6.07, 6.45) is 5.49. The Labute approximate surface area is 608 Å². The molecule has 536 valence electrons. The van der Waals surface area contributed by atoms with Crippen molar-refractivity contribution in [1.29, 1.82) is 0 Å². The fourth-order valence-electron chi connectivity index (χ4n) is 14.5. The molecule has 17 heteroatoms. The summed E-state index contributed by atoms with van der Waals surface area (Å²) >= 11 is 0. The summed E-state index contributed by atoms with van der Waals surface area (Å²) in [4.78, 5) is 80.8. The van der Waals surface area contributed by atoms with Gasteiger partial charge in [-0.15, -0.1) is 0 Å². The van der Waals surface area contributed by atoms with Gasteiger partial charge in [0, 0.05) is 81.5 Å². The number of nitrogens with one attached hydrogen (secondary N) is 1. The van der Waals surface area contributed by atoms with E-state index in [0.717, 1.165) is 116 Å². The second kappa shape index (κ2) is 38.3. The Morgan fingerprint density at radius 2 is 0.971 bits per heavy atom. The van der Waals surface area contributed by atoms with Crippen molar-refractivity contribution in [3.8, 4) is 0 Å². The van der Waals surface area contributed by atoms with Gasteiger partial charge >= 0.3 is 11.9 Å². The molecule has 0 aromatic heterocycles. The highest BCUT2D eigenvalue weighted by molar-refractivity contribution is 7.71. The van der Waals surface area contributed by atoms with Crippen molar-refractivity contribution >= 4 is 55.1 Å². The van der Waals surface area contributed by atoms with Crippen molar-refractivity contribution in [2.75, 3.05) is 108 Å². The first-order chi connectivity index (χ1) is 50.3. The number of hydrogen-bond acceptors (Lipinski definition) is 12. The molecule has 0 bridgehead atoms. The van der Waals surface area contributed by atoms with Crippen LogP contribution in [0, 0.1) is 5.92 Å². The molecule has 4 aliphatic heterocycles. The fraction of sp³-hybridized carbons (Fsp3) is 0.302. The molecule has 4 heterocycles. The van der Waals surface area contributed by atoms with Crippen molar-refractivity contribution in [2.24, 2.45) is 5.92 Å². The number of likely N-dealkylation sites (N-methyl/N-ethyl adjacent to an activating group) is 3. The van der Waals surface area contributed by atoms with Crippen molar-refractivity contribution in [3.05, 3.63) is 311 Å². The van der Waals surface area contributed by atoms with Crippen molar-refractivity contribution in [3.63, 3.8) is 0 Å². The Kier molecular flexibility index (Phi) is 28.6. The van der Waals surface area contributed by atoms with Gasteiger partial charge in [-0.1, -0.05) is 232 Å². The Morgan fingerprint density at radius 3 is 1.39 bits per heavy atom. The normalized spacial score (nSPS) is 17.7. The van der Waals surface area contributed by atoms with Crippen LogP contribution in [0.15, 0.2) is 278 Å². The average Bonchev–Trinajstić information content (AvgIpc) is 1.61. The van der Waals surface area contributed by atoms with Crippen LogP contribution in [0.4, 0.5) is 11.4 Å². The van der Waals surface area contributed by atoms with Crippen LogP contribution in [0.1, 0.15) is 86.3 Å². The molecule has 1 N–H and O–H groups in total. The molecular formula is C86H97N6O10P. The van der Waals surface area contributed by atoms with Gasteiger partial charge in [0.15, 0.2) is 0 Å². The molecule has 2 amide bonds. The zero-order chi connectivity index (χ0) is 73.0. The van der Waals surface area contributed by atoms with E-state index < -0.39 is 36.1 Å². The first-order valence-corrected chi connectivity index (χ1v) is 37.4. The maximum Gasteiger partial charge on any atom is 0.318 e. The second-order valence-corrected chi connectivity index (χ2v) is 27.9. The van der Waals surface area contributed by atoms with E-state index in [1.165, 1.54) is 6.08 Å². The SMILES string of the molecule is C=C(C(C(=O)OCC)c1ccccc1)P1(=O)N(c2ccccc2)CCN1c1ccccc1.CCN1C/C(=C\C=O)C(c2ccccc2)(c2ccccc2)C1=O.CCN1C[C@H](CCN2CCOCC2)C(c2ccccc2)(c2ccccc2)C1=O.CCNC/C(=C\C=O)C(C(=O)OCC)c1ccccc1. The van der Waals surface area contributed by atoms with Gasteiger partial charge in [-0.3, -0.25) is 38.2 Å². The van der Waals surface area contributed by atoms with Gasteiger partial charge in [-0.05, 0) is 128 Å². The minimum Gasteiger partial charge on any atom is -0.465 e. The highest BCUT2D eigenvalue weighted by Crippen LogP contribution is 2.68. The fourth-order valence-corrected chi connectivity index (χ4v) is 17.6. The summed E-state index contributed by atoms with van der Waals surface area (Å²) < 4.78 is 34.9. The lowest BCUT2D eigenvalue weighted by atomic mass is 9.66. The Morgan fingerprint density at radius 1 is 0.553 bits per heavy atom. The summed E-state index contributed by atoms with van der Waals surface area (Å²) in [6.45, 7) is 24.1. The maximum absolute atomic E-state index is 15.0. The quantitative estimate of drug-likeness (QED) is 0.0248. The van der Waals surface area contributed by atoms with E-state index >= 15 is 4.57 Å². The molecule has 0 aliphatic carbocycles. The number of benzene rings is 8. The number of carbonyl (C=O) groups excluding carboxylic acids is 6. The summed E-state index contributed by atoms with van der Waals surface area (Å²) in [5.41, 5.74) is 7.32. The van der Waals surface area contributed by atoms with E-state index in [0.29, 0.717) is 56.5 Å². The summed E-state index contributed by atoms with van der Waals surface area (Å²) in [5, 5.41) is 3.50. The van der Waals surface area contributed by atoms with E-state index in [-0.39, 0.29) is 30.3 Å². The van der Waals surface area contributed by atoms with Gasteiger partial charge in [-0.2, -0.15) is 0 Å². The minimum atomic E-state index is -3.45. The number of carbonyl (C=O) groups is 6. The van der Waals surface area contributed by atoms with Crippen molar-refractivity contribution in [2.45, 2.75) is 63.7 Å². The van der Waals surface area contributed by atoms with Gasteiger partial charge < -0.3 is 38.7 Å². The predicted octanol–water partition coefficient (Wildman–Crippen LogP) is 14.3. The number of likely N-dealkylation sites (tertiary alicyclic amines) is 2. The number of para-hydroxylation sites is 2. The Hall–Kier alpha value is -10.1. The van der Waals surface area contributed by atoms with Crippen LogP contribution in [0.5, 0.6) is 0 Å². The number of anilines is 2. The topological polar surface area (TPSA) is 175 Å². The third-order valence-electron chi connectivity index (χ3n) is 19.5. The molecule has 2 unspecified atom stereocenters. The molecule has 4 fully saturated rings. The van der Waals surface area contributed by atoms with Gasteiger partial charge in [-0.25, -0.2) is 0 Å². The molecule has 0 spiro atoms. The highest BCUT2D eigenvalue weighted by atomic mass is 31.2. The van der Waals surface area contributed by atoms with Crippen LogP contribution in [0.3, 0.4) is 0 Å². The summed E-state index contributed by atoms with van der Waals surface area (Å²) in [5.74, 6) is -1.60. The molecule has 0 radical (unpaired) electrons. The lowest BCUT2D eigenvalue weighted by Crippen LogP contribution is -2.43. The first-order valence-electron chi connectivity index (χ1n) is 35.8. The minimum absolute atomic E-state index is 0.0329. The number of allylic oxidation sites excluding steroid dienone is 2. The number of aldehydes is 2. The van der Waals surface area contributed by atoms with Crippen LogP contribution >= 0.6 is 7.44 Å². The van der Waals surface area contributed by atoms with Crippen LogP contribution in [-0.2, 0) is 58.4 Å². The molecule has 0 saturated carbocycles. The molecule has 4 aliphatic rings. The highest BCUT2D eigenvalue weighted by Gasteiger charge is 2.56. The molecule has 3 atom stereocenters. The number of morpholine rings is 1. The van der Waals surface area contributed by atoms with E-state index in [1.807, 2.05) is 222 Å². The van der Waals surface area contributed by atoms with E-state index in [1.54, 1.807) is 24.8 Å². The molecule has 8 aromatic rings. The summed E-state index contributed by atoms with van der Waals surface area (Å²) in [6, 6.07) is 78.3. The lowest BCUT2D eigenvalue weighted by Gasteiger charge is -2.36. The van der Waals surface area contributed by atoms with Crippen molar-refractivity contribution in [1.82, 2.24) is 20.0 Å². The average molecular weight is 1410 g/mol. The van der Waals surface area contributed by atoms with Crippen molar-refractivity contribution < 1.29 is 47.5 Å². The second-order valence-electron chi connectivity index (χ2n) is 25.3. The van der Waals surface area contributed by atoms with Crippen LogP contribution in [0.25, 0.3) is 0 Å². The van der Waals surface area contributed by atoms with Crippen LogP contribution in [0.2, 0.25) is 0 Å². The van der Waals surface area contributed by atoms with Crippen LogP contribution in [-0.4, -0.2) is 149 Å². The zero-order valence-corrected chi connectivity index (χ0v) is 60.8. The molecule has 103 heavy (non-hydrogen) atoms. The number of nitrogens with zero attached hydrogens (tertiary/aromatic N) is 5. The number of esters is 2. The first kappa shape index (κ1) is 77.1. The molecule has 16 nitrogen and oxygen atoms in total. The van der Waals surface area contributed by atoms with Crippen LogP contribution < -0.4 is 14.7 Å². The Balaban J connectivity index is 0.000000162. The number of hydrogen-bond donors (Lipinski definition) is 1. The zero-order valence-electron chi connectivity index (χ0n) is 59.9. The number of rotatable bonds is 25. The summed E-state index contributed by atoms with van der Waals surface area (Å²) in [7, 11) is -3.45. The molecule has 8 aromatic carbocycles. The van der Waals surface area contributed by atoms with Gasteiger partial charge in [0.1, 0.15) is 35.2 Å². The third kappa shape index (κ3) is 17.5. The lowest BCUT2D eigenvalue weighted by molar-refractivity contribution is -0.144. The number of amides is 2. The maximum atomic E-state index is 15.0. The Bertz CT molecular complexity index is 4000. The third-order valence-corrected chi connectivity index (χ3v) is 22.6. The predicted molar refractivity (Wildman–Crippen MR) is 410 cm³/mol. The van der Waals surface area contributed by atoms with E-state index in [4.69, 9.17) is 14.2 Å². The molecule has 4 saturated heterocycles.